The van der Waals surface area contributed by atoms with Crippen LogP contribution >= 0.6 is 0 Å². The van der Waals surface area contributed by atoms with Gasteiger partial charge in [-0.15, -0.1) is 0 Å². The molecule has 8 nitrogen and oxygen atoms in total. The summed E-state index contributed by atoms with van der Waals surface area (Å²) in [5.74, 6) is 1.40. The van der Waals surface area contributed by atoms with Gasteiger partial charge in [0.2, 0.25) is 11.8 Å². The van der Waals surface area contributed by atoms with Crippen molar-refractivity contribution in [3.8, 4) is 17.1 Å². The fraction of sp³-hybridized carbons (Fsp3) is 0.429. The van der Waals surface area contributed by atoms with E-state index < -0.39 is 0 Å². The quantitative estimate of drug-likeness (QED) is 0.505. The molecule has 186 valence electrons. The van der Waals surface area contributed by atoms with E-state index in [1.807, 2.05) is 14.0 Å². The van der Waals surface area contributed by atoms with Gasteiger partial charge in [-0.3, -0.25) is 9.78 Å². The lowest BCUT2D eigenvalue weighted by Gasteiger charge is -2.25. The van der Waals surface area contributed by atoms with Crippen molar-refractivity contribution in [1.82, 2.24) is 14.8 Å². The van der Waals surface area contributed by atoms with Gasteiger partial charge in [-0.1, -0.05) is 19.9 Å². The Morgan fingerprint density at radius 2 is 1.97 bits per heavy atom. The number of benzene rings is 1. The van der Waals surface area contributed by atoms with Crippen molar-refractivity contribution in [2.24, 2.45) is 17.5 Å². The zero-order valence-electron chi connectivity index (χ0n) is 21.3. The van der Waals surface area contributed by atoms with Crippen LogP contribution in [0.15, 0.2) is 41.5 Å². The minimum Gasteiger partial charge on any atom is -0.477 e. The molecule has 2 aromatic heterocycles. The van der Waals surface area contributed by atoms with Crippen molar-refractivity contribution < 1.29 is 9.53 Å². The number of nitrogens with one attached hydrogen (secondary N) is 1. The summed E-state index contributed by atoms with van der Waals surface area (Å²) >= 11 is 0. The van der Waals surface area contributed by atoms with E-state index in [2.05, 4.69) is 57.3 Å². The van der Waals surface area contributed by atoms with Crippen LogP contribution in [0.25, 0.3) is 11.3 Å². The van der Waals surface area contributed by atoms with E-state index in [0.717, 1.165) is 42.0 Å². The fourth-order valence-electron chi connectivity index (χ4n) is 5.27. The highest BCUT2D eigenvalue weighted by atomic mass is 16.5. The summed E-state index contributed by atoms with van der Waals surface area (Å²) in [5.41, 5.74) is 6.27. The molecule has 1 aliphatic carbocycles. The predicted octanol–water partition coefficient (Wildman–Crippen LogP) is 5.30. The Balaban J connectivity index is 1.45. The number of pyridine rings is 1. The van der Waals surface area contributed by atoms with Gasteiger partial charge in [0.1, 0.15) is 0 Å². The molecule has 6 rings (SSSR count). The summed E-state index contributed by atoms with van der Waals surface area (Å²) in [6, 6.07) is 10.1. The molecule has 1 spiro atoms. The van der Waals surface area contributed by atoms with E-state index in [1.165, 1.54) is 18.4 Å². The molecule has 1 aromatic carbocycles. The van der Waals surface area contributed by atoms with Crippen LogP contribution in [-0.4, -0.2) is 39.8 Å². The van der Waals surface area contributed by atoms with Gasteiger partial charge in [-0.25, -0.2) is 4.68 Å². The second-order valence-electron chi connectivity index (χ2n) is 10.7. The van der Waals surface area contributed by atoms with E-state index in [9.17, 15) is 4.79 Å². The fourth-order valence-corrected chi connectivity index (χ4v) is 5.27. The second-order valence-corrected chi connectivity index (χ2v) is 10.7. The lowest BCUT2D eigenvalue weighted by molar-refractivity contribution is 0.100. The molecule has 8 heteroatoms. The van der Waals surface area contributed by atoms with Gasteiger partial charge in [-0.2, -0.15) is 10.1 Å². The minimum atomic E-state index is -0.294. The van der Waals surface area contributed by atoms with E-state index in [1.54, 1.807) is 23.0 Å². The van der Waals surface area contributed by atoms with Crippen molar-refractivity contribution in [1.29, 1.82) is 0 Å². The SMILES string of the molecule is Cc1cc2cc(n1)-c1cnn(C)c1OCCCC1(CC1)CN1/C(=N/C2=O)Nc2ccc(C(C)C)cc21. The van der Waals surface area contributed by atoms with Crippen LogP contribution < -0.4 is 15.0 Å². The topological polar surface area (TPSA) is 84.6 Å². The summed E-state index contributed by atoms with van der Waals surface area (Å²) in [6.07, 6.45) is 6.10. The maximum atomic E-state index is 13.5. The first-order valence-corrected chi connectivity index (χ1v) is 12.8. The van der Waals surface area contributed by atoms with Crippen LogP contribution in [0, 0.1) is 12.3 Å². The smallest absolute Gasteiger partial charge is 0.280 e. The highest BCUT2D eigenvalue weighted by Crippen LogP contribution is 2.52. The number of guanidine groups is 1. The van der Waals surface area contributed by atoms with Crippen LogP contribution in [0.4, 0.5) is 11.4 Å². The minimum absolute atomic E-state index is 0.204. The summed E-state index contributed by atoms with van der Waals surface area (Å²) in [4.78, 5) is 25.0. The Hall–Kier alpha value is -3.68. The molecule has 1 amide bonds. The van der Waals surface area contributed by atoms with Gasteiger partial charge in [0.05, 0.1) is 35.4 Å². The van der Waals surface area contributed by atoms with Gasteiger partial charge in [0.25, 0.3) is 5.91 Å². The summed E-state index contributed by atoms with van der Waals surface area (Å²) in [5, 5.41) is 7.83. The van der Waals surface area contributed by atoms with Crippen molar-refractivity contribution >= 4 is 23.2 Å². The number of ether oxygens (including phenoxy) is 1. The number of aliphatic imine (C=N–C) groups is 1. The average Bonchev–Trinajstić information content (AvgIpc) is 3.40. The van der Waals surface area contributed by atoms with Crippen LogP contribution in [0.5, 0.6) is 5.88 Å². The molecule has 0 atom stereocenters. The largest absolute Gasteiger partial charge is 0.477 e. The number of aryl methyl sites for hydroxylation is 2. The molecule has 2 aliphatic heterocycles. The Bertz CT molecular complexity index is 1380. The Kier molecular flexibility index (Phi) is 5.35. The number of amides is 1. The van der Waals surface area contributed by atoms with Crippen molar-refractivity contribution in [2.75, 3.05) is 23.4 Å². The lowest BCUT2D eigenvalue weighted by Crippen LogP contribution is -2.36. The normalized spacial score (nSPS) is 19.9. The highest BCUT2D eigenvalue weighted by molar-refractivity contribution is 6.19. The monoisotopic (exact) mass is 484 g/mol. The lowest BCUT2D eigenvalue weighted by atomic mass is 9.98. The number of hydrogen-bond acceptors (Lipinski definition) is 6. The second kappa shape index (κ2) is 8.47. The van der Waals surface area contributed by atoms with Crippen molar-refractivity contribution in [3.05, 3.63) is 53.3 Å². The number of fused-ring (bicyclic) bond motifs is 7. The van der Waals surface area contributed by atoms with Gasteiger partial charge >= 0.3 is 0 Å². The molecule has 0 unspecified atom stereocenters. The standard InChI is InChI=1S/C28H32N6O2/c1-17(2)19-6-7-22-24(14-19)34-16-28(9-10-28)8-5-11-36-26-21(15-29-33(26)4)23-13-20(12-18(3)30-23)25(35)32-27(34)31-22/h6-7,12-15,17H,5,8-11,16H2,1-4H3,(H,31,32,35). The van der Waals surface area contributed by atoms with Crippen molar-refractivity contribution in [3.63, 3.8) is 0 Å². The zero-order chi connectivity index (χ0) is 25.0. The number of anilines is 2. The van der Waals surface area contributed by atoms with E-state index in [0.29, 0.717) is 35.6 Å². The molecule has 3 aliphatic rings. The summed E-state index contributed by atoms with van der Waals surface area (Å²) in [6.45, 7) is 7.73. The van der Waals surface area contributed by atoms with Gasteiger partial charge in [-0.05, 0) is 73.8 Å². The number of nitrogens with zero attached hydrogens (tertiary/aromatic N) is 5. The molecule has 0 radical (unpaired) electrons. The Morgan fingerprint density at radius 3 is 2.75 bits per heavy atom. The first kappa shape index (κ1) is 22.8. The van der Waals surface area contributed by atoms with Gasteiger partial charge < -0.3 is 15.0 Å². The van der Waals surface area contributed by atoms with E-state index >= 15 is 0 Å². The first-order chi connectivity index (χ1) is 17.3. The molecule has 1 saturated carbocycles. The first-order valence-electron chi connectivity index (χ1n) is 12.8. The number of carbonyl (C=O) groups excluding carboxylic acids is 1. The Morgan fingerprint density at radius 1 is 1.14 bits per heavy atom. The van der Waals surface area contributed by atoms with E-state index in [4.69, 9.17) is 4.74 Å². The third-order valence-electron chi connectivity index (χ3n) is 7.59. The number of rotatable bonds is 1. The molecule has 1 N–H and O–H groups in total. The Labute approximate surface area is 211 Å². The molecule has 36 heavy (non-hydrogen) atoms. The van der Waals surface area contributed by atoms with E-state index in [-0.39, 0.29) is 11.3 Å². The van der Waals surface area contributed by atoms with Crippen LogP contribution in [-0.2, 0) is 7.05 Å². The maximum Gasteiger partial charge on any atom is 0.280 e. The summed E-state index contributed by atoms with van der Waals surface area (Å²) in [7, 11) is 1.87. The molecule has 3 aromatic rings. The number of aromatic nitrogens is 3. The third-order valence-corrected chi connectivity index (χ3v) is 7.59. The maximum absolute atomic E-state index is 13.5. The zero-order valence-corrected chi connectivity index (χ0v) is 21.3. The van der Waals surface area contributed by atoms with Gasteiger partial charge in [0.15, 0.2) is 0 Å². The van der Waals surface area contributed by atoms with Crippen LogP contribution in [0.3, 0.4) is 0 Å². The summed E-state index contributed by atoms with van der Waals surface area (Å²) < 4.78 is 7.96. The molecule has 4 heterocycles. The number of carbonyl (C=O) groups is 1. The van der Waals surface area contributed by atoms with Crippen LogP contribution in [0.2, 0.25) is 0 Å². The molecular weight excluding hydrogens is 452 g/mol. The molecule has 2 bridgehead atoms. The predicted molar refractivity (Wildman–Crippen MR) is 141 cm³/mol. The molecular formula is C28H32N6O2. The number of hydrogen-bond donors (Lipinski definition) is 1. The molecule has 1 fully saturated rings. The van der Waals surface area contributed by atoms with Gasteiger partial charge in [0, 0.05) is 24.8 Å². The molecule has 0 saturated heterocycles. The van der Waals surface area contributed by atoms with Crippen LogP contribution in [0.1, 0.15) is 67.1 Å². The average molecular weight is 485 g/mol. The highest BCUT2D eigenvalue weighted by Gasteiger charge is 2.45. The van der Waals surface area contributed by atoms with Crippen molar-refractivity contribution in [2.45, 2.75) is 52.4 Å². The third kappa shape index (κ3) is 4.04.